The van der Waals surface area contributed by atoms with Crippen LogP contribution in [0.4, 0.5) is 0 Å². The molecule has 0 aromatic rings. The molecule has 0 spiro atoms. The lowest BCUT2D eigenvalue weighted by Crippen LogP contribution is -2.53. The Morgan fingerprint density at radius 2 is 2.00 bits per heavy atom. The molecular formula is C9H18N2. The number of rotatable bonds is 0. The second-order valence-corrected chi connectivity index (χ2v) is 4.42. The molecule has 4 unspecified atom stereocenters. The van der Waals surface area contributed by atoms with Gasteiger partial charge in [0.25, 0.3) is 0 Å². The van der Waals surface area contributed by atoms with Crippen molar-refractivity contribution in [1.29, 1.82) is 0 Å². The van der Waals surface area contributed by atoms with E-state index in [1.165, 1.54) is 12.8 Å². The SMILES string of the molecule is CC1CCC2(N)C(N)CCC12. The molecule has 2 heteroatoms. The first kappa shape index (κ1) is 7.56. The van der Waals surface area contributed by atoms with Crippen LogP contribution in [0.3, 0.4) is 0 Å². The van der Waals surface area contributed by atoms with Gasteiger partial charge in [0.2, 0.25) is 0 Å². The van der Waals surface area contributed by atoms with Gasteiger partial charge in [-0.05, 0) is 37.5 Å². The molecule has 11 heavy (non-hydrogen) atoms. The van der Waals surface area contributed by atoms with E-state index in [-0.39, 0.29) is 11.6 Å². The smallest absolute Gasteiger partial charge is 0.0339 e. The van der Waals surface area contributed by atoms with Crippen molar-refractivity contribution >= 4 is 0 Å². The highest BCUT2D eigenvalue weighted by molar-refractivity contribution is 5.10. The molecule has 0 radical (unpaired) electrons. The van der Waals surface area contributed by atoms with Gasteiger partial charge in [0, 0.05) is 11.6 Å². The molecule has 0 amide bonds. The maximum atomic E-state index is 6.27. The van der Waals surface area contributed by atoms with Crippen LogP contribution in [0.5, 0.6) is 0 Å². The molecule has 0 aromatic carbocycles. The third kappa shape index (κ3) is 0.859. The Hall–Kier alpha value is -0.0800. The van der Waals surface area contributed by atoms with Crippen molar-refractivity contribution in [2.24, 2.45) is 23.3 Å². The topological polar surface area (TPSA) is 52.0 Å². The van der Waals surface area contributed by atoms with Crippen molar-refractivity contribution in [1.82, 2.24) is 0 Å². The van der Waals surface area contributed by atoms with Crippen molar-refractivity contribution < 1.29 is 0 Å². The van der Waals surface area contributed by atoms with E-state index in [2.05, 4.69) is 6.92 Å². The maximum Gasteiger partial charge on any atom is 0.0339 e. The molecule has 4 N–H and O–H groups in total. The van der Waals surface area contributed by atoms with Gasteiger partial charge in [-0.2, -0.15) is 0 Å². The Morgan fingerprint density at radius 3 is 2.64 bits per heavy atom. The summed E-state index contributed by atoms with van der Waals surface area (Å²) >= 11 is 0. The summed E-state index contributed by atoms with van der Waals surface area (Å²) in [5.41, 5.74) is 12.3. The lowest BCUT2D eigenvalue weighted by Gasteiger charge is -2.29. The Morgan fingerprint density at radius 1 is 1.27 bits per heavy atom. The largest absolute Gasteiger partial charge is 0.326 e. The second kappa shape index (κ2) is 2.20. The number of nitrogens with two attached hydrogens (primary N) is 2. The first-order valence-corrected chi connectivity index (χ1v) is 4.69. The van der Waals surface area contributed by atoms with Gasteiger partial charge in [-0.1, -0.05) is 6.92 Å². The molecule has 2 aliphatic carbocycles. The van der Waals surface area contributed by atoms with E-state index in [0.717, 1.165) is 24.7 Å². The van der Waals surface area contributed by atoms with Crippen molar-refractivity contribution in [2.45, 2.75) is 44.2 Å². The number of hydrogen-bond donors (Lipinski definition) is 2. The second-order valence-electron chi connectivity index (χ2n) is 4.42. The van der Waals surface area contributed by atoms with E-state index in [1.54, 1.807) is 0 Å². The molecule has 0 aliphatic heterocycles. The predicted octanol–water partition coefficient (Wildman–Crippen LogP) is 0.851. The van der Waals surface area contributed by atoms with Crippen LogP contribution in [0.15, 0.2) is 0 Å². The lowest BCUT2D eigenvalue weighted by molar-refractivity contribution is 0.304. The monoisotopic (exact) mass is 154 g/mol. The van der Waals surface area contributed by atoms with E-state index < -0.39 is 0 Å². The Balaban J connectivity index is 2.23. The third-order valence-electron chi connectivity index (χ3n) is 3.89. The maximum absolute atomic E-state index is 6.27. The van der Waals surface area contributed by atoms with Crippen LogP contribution in [0, 0.1) is 11.8 Å². The molecule has 2 aliphatic rings. The first-order valence-electron chi connectivity index (χ1n) is 4.69. The molecule has 0 heterocycles. The van der Waals surface area contributed by atoms with Gasteiger partial charge >= 0.3 is 0 Å². The van der Waals surface area contributed by atoms with E-state index in [1.807, 2.05) is 0 Å². The van der Waals surface area contributed by atoms with Crippen molar-refractivity contribution in [3.8, 4) is 0 Å². The summed E-state index contributed by atoms with van der Waals surface area (Å²) in [6.07, 6.45) is 4.85. The molecule has 4 atom stereocenters. The summed E-state index contributed by atoms with van der Waals surface area (Å²) < 4.78 is 0. The van der Waals surface area contributed by atoms with Crippen molar-refractivity contribution in [3.63, 3.8) is 0 Å². The van der Waals surface area contributed by atoms with Crippen LogP contribution in [0.25, 0.3) is 0 Å². The Kier molecular flexibility index (Phi) is 1.52. The van der Waals surface area contributed by atoms with Crippen LogP contribution >= 0.6 is 0 Å². The Labute approximate surface area is 68.3 Å². The highest BCUT2D eigenvalue weighted by Gasteiger charge is 2.51. The highest BCUT2D eigenvalue weighted by Crippen LogP contribution is 2.48. The lowest BCUT2D eigenvalue weighted by atomic mass is 9.86. The fraction of sp³-hybridized carbons (Fsp3) is 1.00. The van der Waals surface area contributed by atoms with Gasteiger partial charge in [-0.3, -0.25) is 0 Å². The molecule has 2 nitrogen and oxygen atoms in total. The molecule has 0 bridgehead atoms. The molecule has 2 saturated carbocycles. The molecule has 2 fully saturated rings. The average molecular weight is 154 g/mol. The molecule has 0 aromatic heterocycles. The van der Waals surface area contributed by atoms with E-state index in [0.29, 0.717) is 0 Å². The minimum Gasteiger partial charge on any atom is -0.326 e. The van der Waals surface area contributed by atoms with Gasteiger partial charge in [0.1, 0.15) is 0 Å². The minimum absolute atomic E-state index is 0.0133. The third-order valence-corrected chi connectivity index (χ3v) is 3.89. The number of hydrogen-bond acceptors (Lipinski definition) is 2. The quantitative estimate of drug-likeness (QED) is 0.543. The summed E-state index contributed by atoms with van der Waals surface area (Å²) in [6.45, 7) is 2.32. The van der Waals surface area contributed by atoms with Crippen LogP contribution in [0.2, 0.25) is 0 Å². The molecule has 0 saturated heterocycles. The van der Waals surface area contributed by atoms with Crippen LogP contribution in [-0.4, -0.2) is 11.6 Å². The standard InChI is InChI=1S/C9H18N2/c1-6-4-5-9(11)7(6)2-3-8(9)10/h6-8H,2-5,10-11H2,1H3. The molecule has 64 valence electrons. The fourth-order valence-electron chi connectivity index (χ4n) is 3.04. The van der Waals surface area contributed by atoms with Gasteiger partial charge in [-0.25, -0.2) is 0 Å². The molecule has 2 rings (SSSR count). The van der Waals surface area contributed by atoms with Crippen molar-refractivity contribution in [2.75, 3.05) is 0 Å². The van der Waals surface area contributed by atoms with Crippen LogP contribution in [0.1, 0.15) is 32.6 Å². The Bertz CT molecular complexity index is 169. The van der Waals surface area contributed by atoms with Gasteiger partial charge < -0.3 is 11.5 Å². The highest BCUT2D eigenvalue weighted by atomic mass is 14.9. The minimum atomic E-state index is 0.0133. The van der Waals surface area contributed by atoms with E-state index in [4.69, 9.17) is 11.5 Å². The summed E-state index contributed by atoms with van der Waals surface area (Å²) in [5.74, 6) is 1.53. The van der Waals surface area contributed by atoms with Crippen LogP contribution < -0.4 is 11.5 Å². The van der Waals surface area contributed by atoms with Crippen LogP contribution in [-0.2, 0) is 0 Å². The van der Waals surface area contributed by atoms with E-state index in [9.17, 15) is 0 Å². The summed E-state index contributed by atoms with van der Waals surface area (Å²) in [7, 11) is 0. The predicted molar refractivity (Wildman–Crippen MR) is 46.0 cm³/mol. The van der Waals surface area contributed by atoms with Gasteiger partial charge in [0.15, 0.2) is 0 Å². The first-order chi connectivity index (χ1) is 5.14. The molecular weight excluding hydrogens is 136 g/mol. The zero-order valence-corrected chi connectivity index (χ0v) is 7.22. The summed E-state index contributed by atoms with van der Waals surface area (Å²) in [4.78, 5) is 0. The number of fused-ring (bicyclic) bond motifs is 1. The average Bonchev–Trinajstić information content (AvgIpc) is 2.39. The summed E-state index contributed by atoms with van der Waals surface area (Å²) in [5, 5.41) is 0. The summed E-state index contributed by atoms with van der Waals surface area (Å²) in [6, 6.07) is 0.275. The van der Waals surface area contributed by atoms with Gasteiger partial charge in [0.05, 0.1) is 0 Å². The zero-order valence-electron chi connectivity index (χ0n) is 7.22. The normalized spacial score (nSPS) is 56.5. The fourth-order valence-corrected chi connectivity index (χ4v) is 3.04. The van der Waals surface area contributed by atoms with E-state index >= 15 is 0 Å². The van der Waals surface area contributed by atoms with Gasteiger partial charge in [-0.15, -0.1) is 0 Å². The zero-order chi connectivity index (χ0) is 8.06. The van der Waals surface area contributed by atoms with Crippen molar-refractivity contribution in [3.05, 3.63) is 0 Å².